The lowest BCUT2D eigenvalue weighted by atomic mass is 10.2. The van der Waals surface area contributed by atoms with E-state index in [1.807, 2.05) is 25.1 Å². The fourth-order valence-corrected chi connectivity index (χ4v) is 1.70. The molecule has 0 aromatic heterocycles. The van der Waals surface area contributed by atoms with Gasteiger partial charge in [0.2, 0.25) is 0 Å². The molecule has 0 aliphatic heterocycles. The van der Waals surface area contributed by atoms with E-state index < -0.39 is 5.97 Å². The van der Waals surface area contributed by atoms with Gasteiger partial charge >= 0.3 is 12.0 Å². The molecule has 1 aromatic rings. The molecule has 3 N–H and O–H groups in total. The first-order valence-electron chi connectivity index (χ1n) is 5.52. The normalized spacial score (nSPS) is 9.89. The van der Waals surface area contributed by atoms with Crippen molar-refractivity contribution < 1.29 is 14.7 Å². The van der Waals surface area contributed by atoms with Crippen LogP contribution in [0.2, 0.25) is 0 Å². The van der Waals surface area contributed by atoms with E-state index >= 15 is 0 Å². The van der Waals surface area contributed by atoms with Crippen LogP contribution in [0.3, 0.4) is 0 Å². The van der Waals surface area contributed by atoms with Gasteiger partial charge in [0.15, 0.2) is 0 Å². The highest BCUT2D eigenvalue weighted by atomic mass is 79.9. The second-order valence-corrected chi connectivity index (χ2v) is 4.75. The fraction of sp³-hybridized carbons (Fsp3) is 0.333. The van der Waals surface area contributed by atoms with Gasteiger partial charge < -0.3 is 15.7 Å². The second-order valence-electron chi connectivity index (χ2n) is 3.84. The van der Waals surface area contributed by atoms with Gasteiger partial charge in [0, 0.05) is 23.1 Å². The molecule has 1 rings (SSSR count). The molecule has 2 amide bonds. The van der Waals surface area contributed by atoms with Crippen LogP contribution in [0.25, 0.3) is 0 Å². The van der Waals surface area contributed by atoms with E-state index in [9.17, 15) is 9.59 Å². The molecule has 0 unspecified atom stereocenters. The lowest BCUT2D eigenvalue weighted by Gasteiger charge is -2.09. The molecule has 0 aliphatic rings. The number of aryl methyl sites for hydroxylation is 1. The number of hydrogen-bond acceptors (Lipinski definition) is 2. The zero-order valence-corrected chi connectivity index (χ0v) is 11.6. The summed E-state index contributed by atoms with van der Waals surface area (Å²) < 4.78 is 0.884. The summed E-state index contributed by atoms with van der Waals surface area (Å²) in [4.78, 5) is 21.8. The molecule has 6 heteroatoms. The van der Waals surface area contributed by atoms with E-state index in [1.54, 1.807) is 0 Å². The first-order valence-corrected chi connectivity index (χ1v) is 6.31. The number of rotatable bonds is 5. The summed E-state index contributed by atoms with van der Waals surface area (Å²) >= 11 is 3.33. The van der Waals surface area contributed by atoms with Gasteiger partial charge in [-0.15, -0.1) is 0 Å². The zero-order chi connectivity index (χ0) is 13.5. The average molecular weight is 315 g/mol. The van der Waals surface area contributed by atoms with Crippen molar-refractivity contribution in [3.05, 3.63) is 28.2 Å². The Kier molecular flexibility index (Phi) is 5.64. The van der Waals surface area contributed by atoms with Crippen LogP contribution in [0.15, 0.2) is 22.7 Å². The highest BCUT2D eigenvalue weighted by molar-refractivity contribution is 9.10. The zero-order valence-electron chi connectivity index (χ0n) is 10.00. The number of carbonyl (C=O) groups is 2. The first kappa shape index (κ1) is 14.5. The van der Waals surface area contributed by atoms with Crippen LogP contribution < -0.4 is 10.6 Å². The van der Waals surface area contributed by atoms with E-state index in [-0.39, 0.29) is 12.5 Å². The second kappa shape index (κ2) is 7.00. The quantitative estimate of drug-likeness (QED) is 0.731. The lowest BCUT2D eigenvalue weighted by molar-refractivity contribution is -0.137. The van der Waals surface area contributed by atoms with E-state index in [2.05, 4.69) is 26.6 Å². The smallest absolute Gasteiger partial charge is 0.319 e. The Labute approximate surface area is 114 Å². The number of nitrogens with one attached hydrogen (secondary N) is 2. The largest absolute Gasteiger partial charge is 0.481 e. The molecule has 0 aliphatic carbocycles. The van der Waals surface area contributed by atoms with Gasteiger partial charge in [0.05, 0.1) is 0 Å². The molecule has 0 fully saturated rings. The molecule has 18 heavy (non-hydrogen) atoms. The van der Waals surface area contributed by atoms with Crippen molar-refractivity contribution >= 4 is 33.6 Å². The predicted molar refractivity (Wildman–Crippen MR) is 72.8 cm³/mol. The molecule has 5 nitrogen and oxygen atoms in total. The number of urea groups is 1. The minimum Gasteiger partial charge on any atom is -0.481 e. The fourth-order valence-electron chi connectivity index (χ4n) is 1.34. The third-order valence-corrected chi connectivity index (χ3v) is 2.79. The maximum Gasteiger partial charge on any atom is 0.319 e. The maximum absolute atomic E-state index is 11.5. The van der Waals surface area contributed by atoms with Crippen LogP contribution in [-0.2, 0) is 4.79 Å². The van der Waals surface area contributed by atoms with Crippen LogP contribution in [-0.4, -0.2) is 23.7 Å². The molecule has 0 radical (unpaired) electrons. The number of halogens is 1. The molecule has 0 spiro atoms. The van der Waals surface area contributed by atoms with Crippen LogP contribution in [0.4, 0.5) is 10.5 Å². The van der Waals surface area contributed by atoms with Crippen LogP contribution in [0.1, 0.15) is 18.4 Å². The van der Waals surface area contributed by atoms with Crippen molar-refractivity contribution in [1.82, 2.24) is 5.32 Å². The summed E-state index contributed by atoms with van der Waals surface area (Å²) in [6, 6.07) is 5.27. The number of carboxylic acids is 1. The van der Waals surface area contributed by atoms with Crippen molar-refractivity contribution in [1.29, 1.82) is 0 Å². The summed E-state index contributed by atoms with van der Waals surface area (Å²) in [5.41, 5.74) is 1.68. The number of carbonyl (C=O) groups excluding carboxylic acids is 1. The number of carboxylic acid groups (broad SMARTS) is 1. The molecule has 0 heterocycles. The Morgan fingerprint density at radius 1 is 1.39 bits per heavy atom. The third kappa shape index (κ3) is 5.18. The molecule has 0 bridgehead atoms. The van der Waals surface area contributed by atoms with Gasteiger partial charge in [-0.05, 0) is 31.0 Å². The van der Waals surface area contributed by atoms with E-state index in [1.165, 1.54) is 0 Å². The summed E-state index contributed by atoms with van der Waals surface area (Å²) in [7, 11) is 0. The standard InChI is InChI=1S/C12H15BrN2O3/c1-8-4-5-9(13)7-10(8)15-12(18)14-6-2-3-11(16)17/h4-5,7H,2-3,6H2,1H3,(H,16,17)(H2,14,15,18). The summed E-state index contributed by atoms with van der Waals surface area (Å²) in [6.45, 7) is 2.23. The van der Waals surface area contributed by atoms with Gasteiger partial charge in [-0.3, -0.25) is 4.79 Å². The van der Waals surface area contributed by atoms with E-state index in [0.717, 1.165) is 15.7 Å². The third-order valence-electron chi connectivity index (χ3n) is 2.30. The first-order chi connectivity index (χ1) is 8.49. The minimum absolute atomic E-state index is 0.0518. The SMILES string of the molecule is Cc1ccc(Br)cc1NC(=O)NCCCC(=O)O. The Hall–Kier alpha value is -1.56. The van der Waals surface area contributed by atoms with E-state index in [0.29, 0.717) is 13.0 Å². The molecule has 0 atom stereocenters. The number of anilines is 1. The number of amides is 2. The van der Waals surface area contributed by atoms with Crippen LogP contribution >= 0.6 is 15.9 Å². The van der Waals surface area contributed by atoms with Crippen molar-refractivity contribution in [3.8, 4) is 0 Å². The summed E-state index contributed by atoms with van der Waals surface area (Å²) in [6.07, 6.45) is 0.469. The van der Waals surface area contributed by atoms with Gasteiger partial charge in [-0.1, -0.05) is 22.0 Å². The lowest BCUT2D eigenvalue weighted by Crippen LogP contribution is -2.30. The molecule has 1 aromatic carbocycles. The van der Waals surface area contributed by atoms with Crippen LogP contribution in [0, 0.1) is 6.92 Å². The van der Waals surface area contributed by atoms with Gasteiger partial charge in [0.25, 0.3) is 0 Å². The van der Waals surface area contributed by atoms with E-state index in [4.69, 9.17) is 5.11 Å². The molecule has 0 saturated carbocycles. The van der Waals surface area contributed by atoms with Gasteiger partial charge in [0.1, 0.15) is 0 Å². The van der Waals surface area contributed by atoms with Crippen molar-refractivity contribution in [2.45, 2.75) is 19.8 Å². The maximum atomic E-state index is 11.5. The number of benzene rings is 1. The average Bonchev–Trinajstić information content (AvgIpc) is 2.29. The monoisotopic (exact) mass is 314 g/mol. The summed E-state index contributed by atoms with van der Waals surface area (Å²) in [5, 5.41) is 13.8. The van der Waals surface area contributed by atoms with Crippen molar-refractivity contribution in [2.75, 3.05) is 11.9 Å². The predicted octanol–water partition coefficient (Wildman–Crippen LogP) is 2.74. The molecular formula is C12H15BrN2O3. The highest BCUT2D eigenvalue weighted by Crippen LogP contribution is 2.20. The van der Waals surface area contributed by atoms with Crippen LogP contribution in [0.5, 0.6) is 0 Å². The Morgan fingerprint density at radius 2 is 2.11 bits per heavy atom. The van der Waals surface area contributed by atoms with Gasteiger partial charge in [-0.2, -0.15) is 0 Å². The van der Waals surface area contributed by atoms with Gasteiger partial charge in [-0.25, -0.2) is 4.79 Å². The molecule has 0 saturated heterocycles. The Balaban J connectivity index is 2.40. The topological polar surface area (TPSA) is 78.4 Å². The number of hydrogen-bond donors (Lipinski definition) is 3. The highest BCUT2D eigenvalue weighted by Gasteiger charge is 2.04. The summed E-state index contributed by atoms with van der Waals surface area (Å²) in [5.74, 6) is -0.861. The Morgan fingerprint density at radius 3 is 2.78 bits per heavy atom. The molecular weight excluding hydrogens is 300 g/mol. The Bertz CT molecular complexity index is 449. The number of aliphatic carboxylic acids is 1. The molecule has 98 valence electrons. The minimum atomic E-state index is -0.861. The van der Waals surface area contributed by atoms with Crippen molar-refractivity contribution in [2.24, 2.45) is 0 Å². The van der Waals surface area contributed by atoms with Crippen molar-refractivity contribution in [3.63, 3.8) is 0 Å².